The van der Waals surface area contributed by atoms with Gasteiger partial charge in [0, 0.05) is 12.0 Å². The van der Waals surface area contributed by atoms with Gasteiger partial charge in [-0.05, 0) is 19.3 Å². The molecule has 0 aromatic carbocycles. The van der Waals surface area contributed by atoms with Crippen LogP contribution in [0, 0.1) is 5.92 Å². The Labute approximate surface area is 157 Å². The van der Waals surface area contributed by atoms with Crippen LogP contribution in [0.2, 0.25) is 0 Å². The maximum absolute atomic E-state index is 13.1. The van der Waals surface area contributed by atoms with Crippen molar-refractivity contribution < 1.29 is 52.7 Å². The number of sulfone groups is 2. The van der Waals surface area contributed by atoms with Crippen LogP contribution < -0.4 is 0 Å². The Morgan fingerprint density at radius 3 is 1.71 bits per heavy atom. The maximum atomic E-state index is 13.1. The van der Waals surface area contributed by atoms with E-state index in [1.165, 1.54) is 0 Å². The average molecular weight is 460 g/mol. The van der Waals surface area contributed by atoms with Gasteiger partial charge < -0.3 is 4.74 Å². The van der Waals surface area contributed by atoms with Gasteiger partial charge >= 0.3 is 17.0 Å². The number of ether oxygens (including phenoxy) is 1. The molecule has 1 aliphatic carbocycles. The molecule has 28 heavy (non-hydrogen) atoms. The molecule has 1 saturated carbocycles. The first-order valence-electron chi connectivity index (χ1n) is 8.00. The minimum Gasteiger partial charge on any atom is -0.459 e. The van der Waals surface area contributed by atoms with Crippen LogP contribution in [0.1, 0.15) is 38.5 Å². The number of carbonyl (C=O) groups excluding carboxylic acids is 1. The molecule has 1 rings (SSSR count). The average Bonchev–Trinajstić information content (AvgIpc) is 2.50. The molecular formula is C14H18F6O6S2. The van der Waals surface area contributed by atoms with Crippen LogP contribution >= 0.6 is 0 Å². The van der Waals surface area contributed by atoms with Crippen LogP contribution in [0.25, 0.3) is 0 Å². The first-order valence-corrected chi connectivity index (χ1v) is 11.1. The van der Waals surface area contributed by atoms with Crippen molar-refractivity contribution >= 4 is 25.6 Å². The van der Waals surface area contributed by atoms with E-state index in [9.17, 15) is 48.0 Å². The zero-order valence-corrected chi connectivity index (χ0v) is 15.9. The molecule has 0 amide bonds. The highest BCUT2D eigenvalue weighted by Gasteiger charge is 2.66. The lowest BCUT2D eigenvalue weighted by Crippen LogP contribution is -2.52. The summed E-state index contributed by atoms with van der Waals surface area (Å²) in [5.41, 5.74) is -12.5. The van der Waals surface area contributed by atoms with E-state index in [1.54, 1.807) is 0 Å². The molecule has 0 aromatic heterocycles. The summed E-state index contributed by atoms with van der Waals surface area (Å²) in [6.45, 7) is 3.04. The van der Waals surface area contributed by atoms with E-state index in [2.05, 4.69) is 6.58 Å². The molecule has 0 bridgehead atoms. The molecule has 2 unspecified atom stereocenters. The van der Waals surface area contributed by atoms with Crippen molar-refractivity contribution in [2.24, 2.45) is 5.92 Å². The molecule has 164 valence electrons. The SMILES string of the molecule is C=CC(=O)OC1CCCCCCC1C(S(=O)(=O)C(F)(F)F)S(=O)(=O)C(F)(F)F. The minimum absolute atomic E-state index is 0.0376. The molecule has 2 atom stereocenters. The molecule has 0 aliphatic heterocycles. The monoisotopic (exact) mass is 460 g/mol. The van der Waals surface area contributed by atoms with Gasteiger partial charge in [0.15, 0.2) is 4.58 Å². The first-order chi connectivity index (χ1) is 12.6. The van der Waals surface area contributed by atoms with Gasteiger partial charge in [-0.15, -0.1) is 0 Å². The maximum Gasteiger partial charge on any atom is 0.498 e. The Balaban J connectivity index is 3.66. The number of esters is 1. The fourth-order valence-electron chi connectivity index (χ4n) is 3.02. The quantitative estimate of drug-likeness (QED) is 0.355. The summed E-state index contributed by atoms with van der Waals surface area (Å²) >= 11 is 0. The van der Waals surface area contributed by atoms with Crippen molar-refractivity contribution in [3.63, 3.8) is 0 Å². The lowest BCUT2D eigenvalue weighted by atomic mass is 9.89. The van der Waals surface area contributed by atoms with Gasteiger partial charge in [-0.25, -0.2) is 21.6 Å². The van der Waals surface area contributed by atoms with Gasteiger partial charge in [-0.1, -0.05) is 25.8 Å². The van der Waals surface area contributed by atoms with Crippen molar-refractivity contribution in [2.75, 3.05) is 0 Å². The third-order valence-electron chi connectivity index (χ3n) is 4.29. The van der Waals surface area contributed by atoms with Gasteiger partial charge in [-0.2, -0.15) is 26.3 Å². The number of alkyl halides is 6. The van der Waals surface area contributed by atoms with Gasteiger partial charge in [0.1, 0.15) is 6.10 Å². The Morgan fingerprint density at radius 1 is 0.893 bits per heavy atom. The largest absolute Gasteiger partial charge is 0.498 e. The van der Waals surface area contributed by atoms with E-state index in [4.69, 9.17) is 4.74 Å². The van der Waals surface area contributed by atoms with Crippen LogP contribution in [0.15, 0.2) is 12.7 Å². The molecule has 0 saturated heterocycles. The number of carbonyl (C=O) groups is 1. The van der Waals surface area contributed by atoms with Crippen LogP contribution in [-0.4, -0.2) is 44.5 Å². The lowest BCUT2D eigenvalue weighted by Gasteiger charge is -2.34. The van der Waals surface area contributed by atoms with Crippen molar-refractivity contribution in [2.45, 2.75) is 60.2 Å². The fourth-order valence-corrected chi connectivity index (χ4v) is 7.08. The highest BCUT2D eigenvalue weighted by Crippen LogP contribution is 2.43. The molecule has 14 heteroatoms. The van der Waals surface area contributed by atoms with Gasteiger partial charge in [0.05, 0.1) is 0 Å². The Morgan fingerprint density at radius 2 is 1.32 bits per heavy atom. The Kier molecular flexibility index (Phi) is 7.59. The predicted molar refractivity (Wildman–Crippen MR) is 85.0 cm³/mol. The molecule has 0 N–H and O–H groups in total. The Hall–Kier alpha value is -1.31. The molecular weight excluding hydrogens is 442 g/mol. The number of halogens is 6. The van der Waals surface area contributed by atoms with Crippen LogP contribution in [-0.2, 0) is 29.2 Å². The summed E-state index contributed by atoms with van der Waals surface area (Å²) in [7, 11) is -13.6. The van der Waals surface area contributed by atoms with E-state index in [0.717, 1.165) is 0 Å². The summed E-state index contributed by atoms with van der Waals surface area (Å²) < 4.78 is 127. The molecule has 0 heterocycles. The molecule has 1 fully saturated rings. The number of hydrogen-bond acceptors (Lipinski definition) is 6. The van der Waals surface area contributed by atoms with E-state index >= 15 is 0 Å². The third kappa shape index (κ3) is 5.19. The van der Waals surface area contributed by atoms with Crippen molar-refractivity contribution in [3.05, 3.63) is 12.7 Å². The van der Waals surface area contributed by atoms with E-state index < -0.39 is 59.7 Å². The highest BCUT2D eigenvalue weighted by atomic mass is 32.3. The smallest absolute Gasteiger partial charge is 0.459 e. The summed E-state index contributed by atoms with van der Waals surface area (Å²) in [5, 5.41) is 0. The van der Waals surface area contributed by atoms with Gasteiger partial charge in [0.2, 0.25) is 0 Å². The molecule has 0 aromatic rings. The topological polar surface area (TPSA) is 94.6 Å². The van der Waals surface area contributed by atoms with Crippen LogP contribution in [0.4, 0.5) is 26.3 Å². The van der Waals surface area contributed by atoms with Crippen LogP contribution in [0.5, 0.6) is 0 Å². The van der Waals surface area contributed by atoms with E-state index in [-0.39, 0.29) is 19.3 Å². The normalized spacial score (nSPS) is 23.0. The highest BCUT2D eigenvalue weighted by molar-refractivity contribution is 8.09. The van der Waals surface area contributed by atoms with Gasteiger partial charge in [0.25, 0.3) is 19.7 Å². The summed E-state index contributed by atoms with van der Waals surface area (Å²) in [4.78, 5) is 11.5. The van der Waals surface area contributed by atoms with Crippen molar-refractivity contribution in [3.8, 4) is 0 Å². The first kappa shape index (κ1) is 24.7. The van der Waals surface area contributed by atoms with Gasteiger partial charge in [-0.3, -0.25) is 0 Å². The number of rotatable bonds is 5. The second-order valence-corrected chi connectivity index (χ2v) is 10.6. The second kappa shape index (κ2) is 8.59. The molecule has 0 spiro atoms. The standard InChI is InChI=1S/C14H18F6O6S2/c1-2-11(21)26-10-8-6-4-3-5-7-9(10)12(27(22,23)13(15,16)17)28(24,25)14(18,19)20/h2,9-10,12H,1,3-8H2. The molecule has 1 aliphatic rings. The lowest BCUT2D eigenvalue weighted by molar-refractivity contribution is -0.146. The van der Waals surface area contributed by atoms with E-state index in [0.29, 0.717) is 18.9 Å². The molecule has 0 radical (unpaired) electrons. The second-order valence-electron chi connectivity index (χ2n) is 6.18. The fraction of sp³-hybridized carbons (Fsp3) is 0.786. The predicted octanol–water partition coefficient (Wildman–Crippen LogP) is 3.25. The molecule has 6 nitrogen and oxygen atoms in total. The minimum atomic E-state index is -6.81. The zero-order valence-electron chi connectivity index (χ0n) is 14.3. The van der Waals surface area contributed by atoms with Crippen molar-refractivity contribution in [1.29, 1.82) is 0 Å². The summed E-state index contributed by atoms with van der Waals surface area (Å²) in [6.07, 6.45) is -1.11. The summed E-state index contributed by atoms with van der Waals surface area (Å²) in [5.74, 6) is -3.47. The summed E-state index contributed by atoms with van der Waals surface area (Å²) in [6, 6.07) is 0. The third-order valence-corrected chi connectivity index (χ3v) is 9.03. The van der Waals surface area contributed by atoms with Crippen molar-refractivity contribution in [1.82, 2.24) is 0 Å². The Bertz CT molecular complexity index is 740. The van der Waals surface area contributed by atoms with E-state index in [1.807, 2.05) is 0 Å². The zero-order chi connectivity index (χ0) is 22.0. The number of hydrogen-bond donors (Lipinski definition) is 0. The van der Waals surface area contributed by atoms with Crippen LogP contribution in [0.3, 0.4) is 0 Å².